The molecular weight excluding hydrogens is 464 g/mol. The van der Waals surface area contributed by atoms with E-state index in [4.69, 9.17) is 15.9 Å². The van der Waals surface area contributed by atoms with Gasteiger partial charge in [-0.25, -0.2) is 4.79 Å². The highest BCUT2D eigenvalue weighted by Gasteiger charge is 2.60. The highest BCUT2D eigenvalue weighted by molar-refractivity contribution is 8.03. The summed E-state index contributed by atoms with van der Waals surface area (Å²) < 4.78 is 5.04. The van der Waals surface area contributed by atoms with Crippen molar-refractivity contribution in [1.29, 1.82) is 5.41 Å². The van der Waals surface area contributed by atoms with E-state index in [9.17, 15) is 24.6 Å². The summed E-state index contributed by atoms with van der Waals surface area (Å²) in [6, 6.07) is -0.634. The number of piperazine rings is 1. The number of aliphatic hydroxyl groups excluding tert-OH is 1. The van der Waals surface area contributed by atoms with Crippen molar-refractivity contribution in [3.63, 3.8) is 0 Å². The number of rotatable bonds is 5. The van der Waals surface area contributed by atoms with Crippen molar-refractivity contribution in [3.05, 3.63) is 10.8 Å². The fraction of sp³-hybridized carbons (Fsp3) is 0.714. The van der Waals surface area contributed by atoms with Crippen molar-refractivity contribution in [3.8, 4) is 0 Å². The van der Waals surface area contributed by atoms with E-state index in [1.165, 1.54) is 16.7 Å². The smallest absolute Gasteiger partial charge is 0.449 e. The molecule has 5 unspecified atom stereocenters. The number of carbonyl (C=O) groups is 3. The molecule has 6 atom stereocenters. The number of carboxylic acid groups (broad SMARTS) is 1. The van der Waals surface area contributed by atoms with Gasteiger partial charge < -0.3 is 30.5 Å². The van der Waals surface area contributed by atoms with Gasteiger partial charge in [-0.2, -0.15) is 0 Å². The minimum atomic E-state index is -1.49. The molecule has 0 saturated carbocycles. The van der Waals surface area contributed by atoms with Crippen LogP contribution in [0.2, 0.25) is 0 Å². The molecule has 2 amide bonds. The molecule has 13 heteroatoms. The van der Waals surface area contributed by atoms with Gasteiger partial charge in [0.25, 0.3) is 0 Å². The van der Waals surface area contributed by atoms with Crippen LogP contribution in [-0.2, 0) is 14.3 Å². The Balaban J connectivity index is 1.45. The summed E-state index contributed by atoms with van der Waals surface area (Å²) in [5.41, 5.74) is 5.54. The van der Waals surface area contributed by atoms with E-state index in [1.807, 2.05) is 23.8 Å². The van der Waals surface area contributed by atoms with Crippen LogP contribution in [0.25, 0.3) is 0 Å². The minimum absolute atomic E-state index is 0.0147. The molecule has 4 heterocycles. The number of ether oxygens (including phenoxy) is 1. The van der Waals surface area contributed by atoms with Crippen molar-refractivity contribution in [1.82, 2.24) is 19.6 Å². The molecular formula is C21H32N6O6S. The maximum Gasteiger partial charge on any atom is 0.512 e. The molecule has 0 aromatic heterocycles. The maximum absolute atomic E-state index is 13.2. The van der Waals surface area contributed by atoms with Gasteiger partial charge in [0.1, 0.15) is 0 Å². The lowest BCUT2D eigenvalue weighted by molar-refractivity contribution is -0.163. The number of guanidine groups is 1. The number of amides is 2. The lowest BCUT2D eigenvalue weighted by atomic mass is 9.79. The van der Waals surface area contributed by atoms with E-state index in [-0.39, 0.29) is 46.9 Å². The van der Waals surface area contributed by atoms with Crippen LogP contribution in [0.4, 0.5) is 4.79 Å². The fourth-order valence-electron chi connectivity index (χ4n) is 5.49. The van der Waals surface area contributed by atoms with Crippen LogP contribution in [-0.4, -0.2) is 117 Å². The normalized spacial score (nSPS) is 32.5. The van der Waals surface area contributed by atoms with Gasteiger partial charge in [-0.1, -0.05) is 6.92 Å². The average molecular weight is 497 g/mol. The van der Waals surface area contributed by atoms with Crippen molar-refractivity contribution in [2.45, 2.75) is 43.7 Å². The van der Waals surface area contributed by atoms with Gasteiger partial charge in [0.05, 0.1) is 29.0 Å². The summed E-state index contributed by atoms with van der Waals surface area (Å²) in [5, 5.41) is 26.9. The molecule has 4 aliphatic rings. The number of thioether (sulfide) groups is 1. The van der Waals surface area contributed by atoms with E-state index in [2.05, 4.69) is 0 Å². The number of fused-ring (bicyclic) bond motifs is 1. The Morgan fingerprint density at radius 3 is 2.41 bits per heavy atom. The van der Waals surface area contributed by atoms with Crippen molar-refractivity contribution >= 4 is 35.7 Å². The summed E-state index contributed by atoms with van der Waals surface area (Å²) in [7, 11) is 1.90. The Labute approximate surface area is 202 Å². The Morgan fingerprint density at radius 2 is 1.85 bits per heavy atom. The van der Waals surface area contributed by atoms with E-state index < -0.39 is 18.2 Å². The summed E-state index contributed by atoms with van der Waals surface area (Å²) in [4.78, 5) is 44.7. The highest BCUT2D eigenvalue weighted by Crippen LogP contribution is 2.52. The quantitative estimate of drug-likeness (QED) is 0.170. The molecule has 4 rings (SSSR count). The number of likely N-dealkylation sites (N-methyl/N-ethyl adjacent to an activating group) is 1. The molecule has 0 radical (unpaired) electrons. The average Bonchev–Trinajstić information content (AvgIpc) is 3.23. The third kappa shape index (κ3) is 4.20. The zero-order chi connectivity index (χ0) is 24.9. The lowest BCUT2D eigenvalue weighted by Crippen LogP contribution is -2.63. The first-order valence-corrected chi connectivity index (χ1v) is 12.3. The molecule has 3 fully saturated rings. The van der Waals surface area contributed by atoms with Crippen LogP contribution in [0.15, 0.2) is 10.8 Å². The van der Waals surface area contributed by atoms with E-state index >= 15 is 0 Å². The van der Waals surface area contributed by atoms with Gasteiger partial charge >= 0.3 is 6.16 Å². The Kier molecular flexibility index (Phi) is 6.71. The number of nitrogens with two attached hydrogens (primary N) is 1. The second kappa shape index (κ2) is 9.27. The predicted octanol–water partition coefficient (Wildman–Crippen LogP) is -0.449. The van der Waals surface area contributed by atoms with Crippen LogP contribution in [0, 0.1) is 17.2 Å². The third-order valence-corrected chi connectivity index (χ3v) is 8.74. The highest BCUT2D eigenvalue weighted by atomic mass is 32.2. The Bertz CT molecular complexity index is 919. The van der Waals surface area contributed by atoms with E-state index in [0.29, 0.717) is 44.0 Å². The molecule has 0 aliphatic carbocycles. The second-order valence-electron chi connectivity index (χ2n) is 9.42. The molecule has 0 bridgehead atoms. The standard InChI is InChI=1S/C21H32N6O6S/c1-10-15-14(11(2)28)18(30)27(15)19(33-21(31)32)16(10)34-12-8-13(24(3)9-12)17(29)25-4-6-26(7-5-25)20(22)23/h10-15,28H,4-9H2,1-3H3,(H3,22,23)(H,31,32)/t10?,11?,12?,13?,14?,15-/m0/s1. The number of hydrogen-bond donors (Lipinski definition) is 4. The summed E-state index contributed by atoms with van der Waals surface area (Å²) in [6.07, 6.45) is -1.74. The SMILES string of the molecule is CC(O)C1C(=O)N2C(OC(=O)O)=C(SC3CC(C(=O)N4CCN(C(=N)N)CC4)N(C)C3)C(C)[C@@H]12. The summed E-state index contributed by atoms with van der Waals surface area (Å²) in [5.74, 6) is -1.01. The minimum Gasteiger partial charge on any atom is -0.449 e. The van der Waals surface area contributed by atoms with E-state index in [1.54, 1.807) is 11.8 Å². The van der Waals surface area contributed by atoms with Crippen molar-refractivity contribution in [2.75, 3.05) is 39.8 Å². The molecule has 5 N–H and O–H groups in total. The van der Waals surface area contributed by atoms with Gasteiger partial charge in [0, 0.05) is 43.9 Å². The van der Waals surface area contributed by atoms with Gasteiger partial charge in [-0.3, -0.25) is 24.8 Å². The number of carbonyl (C=O) groups excluding carboxylic acids is 2. The van der Waals surface area contributed by atoms with Gasteiger partial charge in [-0.05, 0) is 20.4 Å². The van der Waals surface area contributed by atoms with Gasteiger partial charge in [0.2, 0.25) is 17.7 Å². The van der Waals surface area contributed by atoms with Crippen LogP contribution in [0.5, 0.6) is 0 Å². The molecule has 4 aliphatic heterocycles. The Morgan fingerprint density at radius 1 is 1.24 bits per heavy atom. The summed E-state index contributed by atoms with van der Waals surface area (Å²) >= 11 is 1.46. The molecule has 188 valence electrons. The first-order chi connectivity index (χ1) is 16.0. The largest absolute Gasteiger partial charge is 0.512 e. The van der Waals surface area contributed by atoms with E-state index in [0.717, 1.165) is 0 Å². The molecule has 0 aromatic rings. The first kappa shape index (κ1) is 24.6. The maximum atomic E-state index is 13.2. The van der Waals surface area contributed by atoms with Crippen LogP contribution in [0.1, 0.15) is 20.3 Å². The number of likely N-dealkylation sites (tertiary alicyclic amines) is 1. The molecule has 0 spiro atoms. The van der Waals surface area contributed by atoms with Gasteiger partial charge in [-0.15, -0.1) is 11.8 Å². The molecule has 12 nitrogen and oxygen atoms in total. The molecule has 3 saturated heterocycles. The van der Waals surface area contributed by atoms with Crippen LogP contribution >= 0.6 is 11.8 Å². The zero-order valence-corrected chi connectivity index (χ0v) is 20.3. The monoisotopic (exact) mass is 496 g/mol. The summed E-state index contributed by atoms with van der Waals surface area (Å²) in [6.45, 7) is 6.20. The number of aliphatic hydroxyl groups is 1. The molecule has 34 heavy (non-hydrogen) atoms. The predicted molar refractivity (Wildman–Crippen MR) is 124 cm³/mol. The number of β-lactam (4-membered cyclic amide) rings is 1. The first-order valence-electron chi connectivity index (χ1n) is 11.4. The van der Waals surface area contributed by atoms with Gasteiger partial charge in [0.15, 0.2) is 5.96 Å². The topological polar surface area (TPSA) is 164 Å². The zero-order valence-electron chi connectivity index (χ0n) is 19.5. The fourth-order valence-corrected chi connectivity index (χ4v) is 7.03. The van der Waals surface area contributed by atoms with Crippen molar-refractivity contribution < 1.29 is 29.3 Å². The van der Waals surface area contributed by atoms with Crippen LogP contribution in [0.3, 0.4) is 0 Å². The lowest BCUT2D eigenvalue weighted by Gasteiger charge is -2.45. The van der Waals surface area contributed by atoms with Crippen molar-refractivity contribution in [2.24, 2.45) is 17.6 Å². The third-order valence-electron chi connectivity index (χ3n) is 7.27. The second-order valence-corrected chi connectivity index (χ2v) is 10.8. The van der Waals surface area contributed by atoms with Crippen LogP contribution < -0.4 is 5.73 Å². The Hall–Kier alpha value is -2.51. The number of nitrogens with one attached hydrogen (secondary N) is 1. The molecule has 0 aromatic carbocycles. The number of nitrogens with zero attached hydrogens (tertiary/aromatic N) is 4. The number of hydrogen-bond acceptors (Lipinski definition) is 8.